The summed E-state index contributed by atoms with van der Waals surface area (Å²) in [6.07, 6.45) is 12.3. The van der Waals surface area contributed by atoms with Crippen molar-refractivity contribution in [2.75, 3.05) is 10.6 Å². The Kier molecular flexibility index (Phi) is 7.21. The van der Waals surface area contributed by atoms with Crippen molar-refractivity contribution in [3.63, 3.8) is 0 Å². The number of rotatable bonds is 7. The summed E-state index contributed by atoms with van der Waals surface area (Å²) in [7, 11) is 1.98. The van der Waals surface area contributed by atoms with Crippen molar-refractivity contribution >= 4 is 66.9 Å². The molecule has 13 nitrogen and oxygen atoms in total. The number of nitrogens with one attached hydrogen (secondary N) is 2. The zero-order valence-electron chi connectivity index (χ0n) is 28.9. The van der Waals surface area contributed by atoms with Crippen LogP contribution in [0.4, 0.5) is 23.0 Å². The van der Waals surface area contributed by atoms with Gasteiger partial charge in [0, 0.05) is 96.2 Å². The van der Waals surface area contributed by atoms with E-state index in [9.17, 15) is 0 Å². The lowest BCUT2D eigenvalue weighted by Crippen LogP contribution is -2.02. The van der Waals surface area contributed by atoms with Crippen LogP contribution in [-0.4, -0.2) is 49.4 Å². The normalized spacial score (nSPS) is 11.5. The molecule has 0 fully saturated rings. The van der Waals surface area contributed by atoms with Gasteiger partial charge in [0.25, 0.3) is 0 Å². The molecule has 0 amide bonds. The van der Waals surface area contributed by atoms with Gasteiger partial charge in [-0.2, -0.15) is 0 Å². The summed E-state index contributed by atoms with van der Waals surface area (Å²) in [4.78, 5) is 42.3. The third kappa shape index (κ3) is 5.47. The molecule has 0 spiro atoms. The molecule has 7 heterocycles. The van der Waals surface area contributed by atoms with E-state index in [4.69, 9.17) is 29.3 Å². The standard InChI is InChI=1S/C41H28N12O/c1-23-46-34-8-7-25(19-36(34)54-23)47-41-31-21-44-16-12-33(31)50-39(52-41)27-11-15-43-20-30(27)29-17-26(18-35-37(29)45-22-53(35)2)48-40-28-5-3-4-6-32(28)49-38(51-40)24-9-13-42-14-10-24/h3-22H,1-2H3,(H,47,50,52)(H,48,49,51). The number of imidazole rings is 1. The van der Waals surface area contributed by atoms with Crippen LogP contribution in [0.25, 0.3) is 77.8 Å². The summed E-state index contributed by atoms with van der Waals surface area (Å²) >= 11 is 0. The first kappa shape index (κ1) is 31.1. The van der Waals surface area contributed by atoms with Gasteiger partial charge in [0.15, 0.2) is 23.1 Å². The molecule has 13 heteroatoms. The fourth-order valence-corrected chi connectivity index (χ4v) is 6.69. The van der Waals surface area contributed by atoms with Gasteiger partial charge in [0.2, 0.25) is 0 Å². The minimum Gasteiger partial charge on any atom is -0.441 e. The molecule has 0 atom stereocenters. The summed E-state index contributed by atoms with van der Waals surface area (Å²) in [5, 5.41) is 8.76. The molecule has 7 aromatic heterocycles. The third-order valence-corrected chi connectivity index (χ3v) is 9.24. The Morgan fingerprint density at radius 1 is 0.593 bits per heavy atom. The number of benzene rings is 3. The molecule has 3 aromatic carbocycles. The van der Waals surface area contributed by atoms with E-state index in [-0.39, 0.29) is 0 Å². The van der Waals surface area contributed by atoms with E-state index in [0.29, 0.717) is 34.8 Å². The number of oxazole rings is 1. The van der Waals surface area contributed by atoms with Crippen LogP contribution < -0.4 is 10.6 Å². The molecule has 0 aliphatic rings. The number of nitrogens with zero attached hydrogens (tertiary/aromatic N) is 10. The van der Waals surface area contributed by atoms with Crippen molar-refractivity contribution in [2.45, 2.75) is 6.92 Å². The fraction of sp³-hybridized carbons (Fsp3) is 0.0488. The molecule has 2 N–H and O–H groups in total. The number of fused-ring (bicyclic) bond motifs is 4. The summed E-state index contributed by atoms with van der Waals surface area (Å²) in [6, 6.07) is 25.5. The molecule has 0 aliphatic heterocycles. The molecular weight excluding hydrogens is 677 g/mol. The van der Waals surface area contributed by atoms with Gasteiger partial charge in [-0.1, -0.05) is 12.1 Å². The van der Waals surface area contributed by atoms with Gasteiger partial charge in [0.1, 0.15) is 17.2 Å². The highest BCUT2D eigenvalue weighted by Crippen LogP contribution is 2.39. The van der Waals surface area contributed by atoms with E-state index in [2.05, 4.69) is 42.7 Å². The maximum atomic E-state index is 5.80. The SMILES string of the molecule is Cc1nc2ccc(Nc3nc(-c4ccncc4-c4cc(Nc5nc(-c6ccncc6)nc6ccccc56)cc5c4ncn5C)nc4ccncc34)cc2o1. The number of hydrogen-bond acceptors (Lipinski definition) is 12. The molecule has 54 heavy (non-hydrogen) atoms. The van der Waals surface area contributed by atoms with Crippen LogP contribution in [0.5, 0.6) is 0 Å². The first-order chi connectivity index (χ1) is 26.5. The lowest BCUT2D eigenvalue weighted by molar-refractivity contribution is 0.561. The summed E-state index contributed by atoms with van der Waals surface area (Å²) in [6.45, 7) is 1.83. The van der Waals surface area contributed by atoms with Crippen molar-refractivity contribution in [3.05, 3.63) is 128 Å². The molecule has 0 unspecified atom stereocenters. The predicted molar refractivity (Wildman–Crippen MR) is 208 cm³/mol. The Balaban J connectivity index is 1.11. The smallest absolute Gasteiger partial charge is 0.192 e. The first-order valence-corrected chi connectivity index (χ1v) is 17.1. The van der Waals surface area contributed by atoms with Crippen LogP contribution in [0.15, 0.2) is 127 Å². The molecule has 0 saturated heterocycles. The maximum absolute atomic E-state index is 5.80. The van der Waals surface area contributed by atoms with Gasteiger partial charge in [-0.25, -0.2) is 29.9 Å². The minimum absolute atomic E-state index is 0.511. The molecule has 0 aliphatic carbocycles. The van der Waals surface area contributed by atoms with Crippen LogP contribution in [-0.2, 0) is 7.05 Å². The monoisotopic (exact) mass is 704 g/mol. The molecule has 0 saturated carbocycles. The molecule has 0 bridgehead atoms. The number of aromatic nitrogens is 10. The molecule has 258 valence electrons. The second kappa shape index (κ2) is 12.5. The van der Waals surface area contributed by atoms with Crippen LogP contribution in [0.3, 0.4) is 0 Å². The Hall–Kier alpha value is -7.67. The average Bonchev–Trinajstić information content (AvgIpc) is 3.78. The number of para-hydroxylation sites is 1. The summed E-state index contributed by atoms with van der Waals surface area (Å²) in [5.74, 6) is 2.98. The molecule has 0 radical (unpaired) electrons. The van der Waals surface area contributed by atoms with E-state index < -0.39 is 0 Å². The number of hydrogen-bond donors (Lipinski definition) is 2. The lowest BCUT2D eigenvalue weighted by atomic mass is 9.99. The Labute approximate surface area is 306 Å². The van der Waals surface area contributed by atoms with E-state index in [1.54, 1.807) is 31.0 Å². The predicted octanol–water partition coefficient (Wildman–Crippen LogP) is 8.58. The largest absolute Gasteiger partial charge is 0.441 e. The molecule has 10 rings (SSSR count). The topological polar surface area (TPSA) is 158 Å². The number of pyridine rings is 3. The van der Waals surface area contributed by atoms with Gasteiger partial charge in [-0.15, -0.1) is 0 Å². The van der Waals surface area contributed by atoms with Crippen LogP contribution >= 0.6 is 0 Å². The van der Waals surface area contributed by atoms with Crippen molar-refractivity contribution in [3.8, 4) is 33.9 Å². The first-order valence-electron chi connectivity index (χ1n) is 17.1. The van der Waals surface area contributed by atoms with Gasteiger partial charge in [0.05, 0.1) is 33.8 Å². The average molecular weight is 705 g/mol. The van der Waals surface area contributed by atoms with E-state index in [0.717, 1.165) is 72.0 Å². The van der Waals surface area contributed by atoms with Crippen LogP contribution in [0, 0.1) is 6.92 Å². The second-order valence-corrected chi connectivity index (χ2v) is 12.8. The minimum atomic E-state index is 0.511. The highest BCUT2D eigenvalue weighted by atomic mass is 16.3. The van der Waals surface area contributed by atoms with Gasteiger partial charge >= 0.3 is 0 Å². The Bertz CT molecular complexity index is 3050. The highest BCUT2D eigenvalue weighted by Gasteiger charge is 2.20. The van der Waals surface area contributed by atoms with Crippen LogP contribution in [0.1, 0.15) is 5.89 Å². The van der Waals surface area contributed by atoms with Crippen molar-refractivity contribution < 1.29 is 4.42 Å². The van der Waals surface area contributed by atoms with Gasteiger partial charge in [-0.05, 0) is 60.7 Å². The van der Waals surface area contributed by atoms with Gasteiger partial charge < -0.3 is 19.6 Å². The Morgan fingerprint density at radius 3 is 2.28 bits per heavy atom. The summed E-state index contributed by atoms with van der Waals surface area (Å²) in [5.41, 5.74) is 9.67. The van der Waals surface area contributed by atoms with E-state index in [1.165, 1.54) is 0 Å². The third-order valence-electron chi connectivity index (χ3n) is 9.24. The lowest BCUT2D eigenvalue weighted by Gasteiger charge is -2.15. The zero-order valence-corrected chi connectivity index (χ0v) is 28.9. The van der Waals surface area contributed by atoms with Crippen molar-refractivity contribution in [1.82, 2.24) is 49.4 Å². The second-order valence-electron chi connectivity index (χ2n) is 12.8. The van der Waals surface area contributed by atoms with Crippen molar-refractivity contribution in [2.24, 2.45) is 7.05 Å². The molecular formula is C41H28N12O. The van der Waals surface area contributed by atoms with Gasteiger partial charge in [-0.3, -0.25) is 15.0 Å². The molecule has 10 aromatic rings. The number of anilines is 4. The van der Waals surface area contributed by atoms with E-state index >= 15 is 0 Å². The van der Waals surface area contributed by atoms with Crippen molar-refractivity contribution in [1.29, 1.82) is 0 Å². The maximum Gasteiger partial charge on any atom is 0.192 e. The zero-order chi connectivity index (χ0) is 36.2. The Morgan fingerprint density at radius 2 is 1.35 bits per heavy atom. The van der Waals surface area contributed by atoms with E-state index in [1.807, 2.05) is 97.8 Å². The number of aryl methyl sites for hydroxylation is 2. The highest BCUT2D eigenvalue weighted by molar-refractivity contribution is 6.01. The quantitative estimate of drug-likeness (QED) is 0.163. The van der Waals surface area contributed by atoms with Crippen LogP contribution in [0.2, 0.25) is 0 Å². The summed E-state index contributed by atoms with van der Waals surface area (Å²) < 4.78 is 7.79. The fourth-order valence-electron chi connectivity index (χ4n) is 6.69.